The van der Waals surface area contributed by atoms with Gasteiger partial charge in [-0.15, -0.1) is 0 Å². The standard InChI is InChI=1S/C16H26N2/c1-3-11-17-12-14-7-9-16(10-8-14)18(4-2)13-15-5-6-15/h7-10,15,17H,3-6,11-13H2,1-2H3. The van der Waals surface area contributed by atoms with Crippen molar-refractivity contribution < 1.29 is 0 Å². The van der Waals surface area contributed by atoms with Crippen molar-refractivity contribution >= 4 is 5.69 Å². The first-order chi connectivity index (χ1) is 8.83. The topological polar surface area (TPSA) is 15.3 Å². The lowest BCUT2D eigenvalue weighted by Crippen LogP contribution is -2.25. The van der Waals surface area contributed by atoms with Gasteiger partial charge in [0.05, 0.1) is 0 Å². The van der Waals surface area contributed by atoms with Crippen molar-refractivity contribution in [3.8, 4) is 0 Å². The quantitative estimate of drug-likeness (QED) is 0.707. The molecule has 1 aromatic carbocycles. The predicted octanol–water partition coefficient (Wildman–Crippen LogP) is 3.42. The summed E-state index contributed by atoms with van der Waals surface area (Å²) in [7, 11) is 0. The lowest BCUT2D eigenvalue weighted by molar-refractivity contribution is 0.675. The molecule has 0 amide bonds. The van der Waals surface area contributed by atoms with Crippen LogP contribution in [0, 0.1) is 5.92 Å². The minimum absolute atomic E-state index is 0.954. The zero-order chi connectivity index (χ0) is 12.8. The predicted molar refractivity (Wildman–Crippen MR) is 79.1 cm³/mol. The van der Waals surface area contributed by atoms with E-state index in [9.17, 15) is 0 Å². The minimum atomic E-state index is 0.954. The number of hydrogen-bond acceptors (Lipinski definition) is 2. The van der Waals surface area contributed by atoms with Gasteiger partial charge in [-0.25, -0.2) is 0 Å². The fraction of sp³-hybridized carbons (Fsp3) is 0.625. The summed E-state index contributed by atoms with van der Waals surface area (Å²) in [5.41, 5.74) is 2.76. The van der Waals surface area contributed by atoms with Gasteiger partial charge in [-0.2, -0.15) is 0 Å². The molecule has 18 heavy (non-hydrogen) atoms. The van der Waals surface area contributed by atoms with Crippen molar-refractivity contribution in [2.75, 3.05) is 24.5 Å². The normalized spacial score (nSPS) is 14.8. The van der Waals surface area contributed by atoms with Gasteiger partial charge in [0.2, 0.25) is 0 Å². The Kier molecular flexibility index (Phi) is 5.06. The second kappa shape index (κ2) is 6.79. The van der Waals surface area contributed by atoms with Crippen LogP contribution in [0.4, 0.5) is 5.69 Å². The molecule has 2 nitrogen and oxygen atoms in total. The highest BCUT2D eigenvalue weighted by Gasteiger charge is 2.23. The van der Waals surface area contributed by atoms with Crippen molar-refractivity contribution in [1.82, 2.24) is 5.32 Å². The molecule has 1 aromatic rings. The Hall–Kier alpha value is -1.02. The molecular formula is C16H26N2. The molecule has 100 valence electrons. The fourth-order valence-corrected chi connectivity index (χ4v) is 2.26. The number of anilines is 1. The molecule has 1 N–H and O–H groups in total. The molecule has 0 saturated heterocycles. The summed E-state index contributed by atoms with van der Waals surface area (Å²) in [6, 6.07) is 9.06. The number of hydrogen-bond donors (Lipinski definition) is 1. The summed E-state index contributed by atoms with van der Waals surface area (Å²) >= 11 is 0. The van der Waals surface area contributed by atoms with Gasteiger partial charge in [0.1, 0.15) is 0 Å². The summed E-state index contributed by atoms with van der Waals surface area (Å²) in [5, 5.41) is 3.44. The highest BCUT2D eigenvalue weighted by molar-refractivity contribution is 5.47. The zero-order valence-corrected chi connectivity index (χ0v) is 11.8. The van der Waals surface area contributed by atoms with Gasteiger partial charge >= 0.3 is 0 Å². The summed E-state index contributed by atoms with van der Waals surface area (Å²) < 4.78 is 0. The van der Waals surface area contributed by atoms with Crippen LogP contribution in [0.3, 0.4) is 0 Å². The lowest BCUT2D eigenvalue weighted by atomic mass is 10.2. The number of nitrogens with zero attached hydrogens (tertiary/aromatic N) is 1. The first-order valence-electron chi connectivity index (χ1n) is 7.38. The van der Waals surface area contributed by atoms with E-state index in [2.05, 4.69) is 48.3 Å². The maximum Gasteiger partial charge on any atom is 0.0366 e. The first-order valence-corrected chi connectivity index (χ1v) is 7.38. The first kappa shape index (κ1) is 13.4. The fourth-order valence-electron chi connectivity index (χ4n) is 2.26. The van der Waals surface area contributed by atoms with Crippen molar-refractivity contribution in [1.29, 1.82) is 0 Å². The summed E-state index contributed by atoms with van der Waals surface area (Å²) in [4.78, 5) is 2.50. The average Bonchev–Trinajstić information content (AvgIpc) is 3.21. The largest absolute Gasteiger partial charge is 0.372 e. The third-order valence-corrected chi connectivity index (χ3v) is 3.61. The smallest absolute Gasteiger partial charge is 0.0366 e. The Labute approximate surface area is 111 Å². The Morgan fingerprint density at radius 1 is 1.17 bits per heavy atom. The van der Waals surface area contributed by atoms with Gasteiger partial charge in [0.15, 0.2) is 0 Å². The Morgan fingerprint density at radius 3 is 2.44 bits per heavy atom. The SMILES string of the molecule is CCCNCc1ccc(N(CC)CC2CC2)cc1. The van der Waals surface area contributed by atoms with Crippen LogP contribution < -0.4 is 10.2 Å². The van der Waals surface area contributed by atoms with Crippen LogP contribution in [-0.4, -0.2) is 19.6 Å². The van der Waals surface area contributed by atoms with E-state index in [1.165, 1.54) is 37.1 Å². The highest BCUT2D eigenvalue weighted by Crippen LogP contribution is 2.31. The van der Waals surface area contributed by atoms with Crippen molar-refractivity contribution in [2.24, 2.45) is 5.92 Å². The van der Waals surface area contributed by atoms with E-state index in [0.29, 0.717) is 0 Å². The Bertz CT molecular complexity index is 341. The molecule has 0 spiro atoms. The van der Waals surface area contributed by atoms with E-state index in [0.717, 1.165) is 25.6 Å². The minimum Gasteiger partial charge on any atom is -0.372 e. The molecular weight excluding hydrogens is 220 g/mol. The summed E-state index contributed by atoms with van der Waals surface area (Å²) in [5.74, 6) is 0.954. The zero-order valence-electron chi connectivity index (χ0n) is 11.8. The molecule has 1 fully saturated rings. The molecule has 2 rings (SSSR count). The third-order valence-electron chi connectivity index (χ3n) is 3.61. The molecule has 0 atom stereocenters. The molecule has 1 saturated carbocycles. The van der Waals surface area contributed by atoms with Gasteiger partial charge in [-0.1, -0.05) is 19.1 Å². The molecule has 2 heteroatoms. The van der Waals surface area contributed by atoms with E-state index in [1.54, 1.807) is 0 Å². The Balaban J connectivity index is 1.88. The van der Waals surface area contributed by atoms with Gasteiger partial charge in [-0.3, -0.25) is 0 Å². The van der Waals surface area contributed by atoms with Gasteiger partial charge < -0.3 is 10.2 Å². The monoisotopic (exact) mass is 246 g/mol. The molecule has 0 heterocycles. The molecule has 1 aliphatic carbocycles. The number of benzene rings is 1. The second-order valence-corrected chi connectivity index (χ2v) is 5.33. The third kappa shape index (κ3) is 4.02. The molecule has 0 bridgehead atoms. The van der Waals surface area contributed by atoms with Crippen LogP contribution in [0.15, 0.2) is 24.3 Å². The van der Waals surface area contributed by atoms with Crippen LogP contribution in [0.25, 0.3) is 0 Å². The van der Waals surface area contributed by atoms with Crippen LogP contribution in [-0.2, 0) is 6.54 Å². The summed E-state index contributed by atoms with van der Waals surface area (Å²) in [6.07, 6.45) is 4.05. The Morgan fingerprint density at radius 2 is 1.89 bits per heavy atom. The van der Waals surface area contributed by atoms with Crippen LogP contribution >= 0.6 is 0 Å². The van der Waals surface area contributed by atoms with Crippen molar-refractivity contribution in [3.63, 3.8) is 0 Å². The molecule has 1 aliphatic rings. The van der Waals surface area contributed by atoms with E-state index < -0.39 is 0 Å². The van der Waals surface area contributed by atoms with Crippen molar-refractivity contribution in [3.05, 3.63) is 29.8 Å². The van der Waals surface area contributed by atoms with E-state index in [1.807, 2.05) is 0 Å². The van der Waals surface area contributed by atoms with E-state index in [4.69, 9.17) is 0 Å². The molecule has 0 unspecified atom stereocenters. The van der Waals surface area contributed by atoms with Crippen molar-refractivity contribution in [2.45, 2.75) is 39.7 Å². The van der Waals surface area contributed by atoms with Gasteiger partial charge in [0, 0.05) is 25.3 Å². The van der Waals surface area contributed by atoms with E-state index >= 15 is 0 Å². The molecule has 0 radical (unpaired) electrons. The number of nitrogens with one attached hydrogen (secondary N) is 1. The van der Waals surface area contributed by atoms with Crippen LogP contribution in [0.2, 0.25) is 0 Å². The molecule has 0 aliphatic heterocycles. The lowest BCUT2D eigenvalue weighted by Gasteiger charge is -2.23. The van der Waals surface area contributed by atoms with Crippen LogP contribution in [0.5, 0.6) is 0 Å². The highest BCUT2D eigenvalue weighted by atomic mass is 15.1. The second-order valence-electron chi connectivity index (χ2n) is 5.33. The average molecular weight is 246 g/mol. The number of rotatable bonds is 8. The summed E-state index contributed by atoms with van der Waals surface area (Å²) in [6.45, 7) is 8.90. The van der Waals surface area contributed by atoms with Crippen LogP contribution in [0.1, 0.15) is 38.7 Å². The maximum atomic E-state index is 3.44. The van der Waals surface area contributed by atoms with E-state index in [-0.39, 0.29) is 0 Å². The van der Waals surface area contributed by atoms with Gasteiger partial charge in [-0.05, 0) is 56.3 Å². The van der Waals surface area contributed by atoms with Gasteiger partial charge in [0.25, 0.3) is 0 Å². The maximum absolute atomic E-state index is 3.44. The molecule has 0 aromatic heterocycles.